The van der Waals surface area contributed by atoms with Gasteiger partial charge in [0.05, 0.1) is 5.57 Å². The number of para-hydroxylation sites is 1. The maximum Gasteiger partial charge on any atom is 0.283 e. The van der Waals surface area contributed by atoms with E-state index in [1.54, 1.807) is 6.08 Å². The highest BCUT2D eigenvalue weighted by molar-refractivity contribution is 8.27. The Kier molecular flexibility index (Phi) is 5.30. The predicted octanol–water partition coefficient (Wildman–Crippen LogP) is 6.51. The highest BCUT2D eigenvalue weighted by Crippen LogP contribution is 2.32. The highest BCUT2D eigenvalue weighted by Gasteiger charge is 2.36. The Labute approximate surface area is 223 Å². The van der Waals surface area contributed by atoms with Crippen LogP contribution in [-0.2, 0) is 11.3 Å². The van der Waals surface area contributed by atoms with Gasteiger partial charge in [0.2, 0.25) is 5.17 Å². The van der Waals surface area contributed by atoms with Crippen LogP contribution in [0.25, 0.3) is 27.8 Å². The van der Waals surface area contributed by atoms with Crippen molar-refractivity contribution in [1.82, 2.24) is 9.58 Å². The molecule has 5 aromatic rings. The Morgan fingerprint density at radius 2 is 1.58 bits per heavy atom. The summed E-state index contributed by atoms with van der Waals surface area (Å²) >= 11 is 1.31. The van der Waals surface area contributed by atoms with E-state index < -0.39 is 5.91 Å². The van der Waals surface area contributed by atoms with Crippen molar-refractivity contribution in [2.45, 2.75) is 6.54 Å². The van der Waals surface area contributed by atoms with Gasteiger partial charge in [0, 0.05) is 34.8 Å². The van der Waals surface area contributed by atoms with Crippen LogP contribution in [0.3, 0.4) is 0 Å². The number of carbonyl (C=O) groups is 1. The van der Waals surface area contributed by atoms with Gasteiger partial charge in [0.25, 0.3) is 5.91 Å². The van der Waals surface area contributed by atoms with E-state index in [4.69, 9.17) is 5.41 Å². The van der Waals surface area contributed by atoms with Crippen LogP contribution in [0.1, 0.15) is 16.7 Å². The molecule has 1 amide bonds. The minimum Gasteiger partial charge on any atom is -0.342 e. The third-order valence-corrected chi connectivity index (χ3v) is 7.77. The zero-order valence-corrected chi connectivity index (χ0v) is 21.0. The van der Waals surface area contributed by atoms with Gasteiger partial charge < -0.3 is 4.57 Å². The maximum absolute atomic E-state index is 13.1. The van der Waals surface area contributed by atoms with E-state index in [-0.39, 0.29) is 11.4 Å². The molecular formula is C31H21N5OS. The number of hydrogen-bond donors (Lipinski definition) is 1. The molecule has 0 bridgehead atoms. The average Bonchev–Trinajstić information content (AvgIpc) is 3.54. The Bertz CT molecular complexity index is 1860. The van der Waals surface area contributed by atoms with E-state index in [1.807, 2.05) is 48.5 Å². The fourth-order valence-electron chi connectivity index (χ4n) is 4.98. The molecule has 0 atom stereocenters. The van der Waals surface area contributed by atoms with Crippen molar-refractivity contribution in [3.8, 4) is 0 Å². The minimum atomic E-state index is -0.427. The Morgan fingerprint density at radius 1 is 0.842 bits per heavy atom. The van der Waals surface area contributed by atoms with Crippen LogP contribution in [-0.4, -0.2) is 31.5 Å². The van der Waals surface area contributed by atoms with Crippen molar-refractivity contribution >= 4 is 61.5 Å². The Balaban J connectivity index is 1.28. The van der Waals surface area contributed by atoms with Crippen molar-refractivity contribution in [3.63, 3.8) is 0 Å². The summed E-state index contributed by atoms with van der Waals surface area (Å²) in [5, 5.41) is 19.4. The first-order chi connectivity index (χ1) is 18.7. The zero-order valence-electron chi connectivity index (χ0n) is 20.2. The second kappa shape index (κ2) is 8.97. The van der Waals surface area contributed by atoms with Gasteiger partial charge in [-0.1, -0.05) is 91.0 Å². The van der Waals surface area contributed by atoms with Gasteiger partial charge in [-0.3, -0.25) is 10.2 Å². The molecule has 0 aliphatic carbocycles. The molecule has 7 heteroatoms. The molecule has 0 saturated heterocycles. The molecule has 1 aromatic heterocycles. The molecule has 4 aromatic carbocycles. The lowest BCUT2D eigenvalue weighted by molar-refractivity contribution is -0.114. The van der Waals surface area contributed by atoms with E-state index in [1.165, 1.54) is 33.1 Å². The number of rotatable bonds is 4. The number of nitrogens with one attached hydrogen (secondary N) is 1. The van der Waals surface area contributed by atoms with E-state index in [0.29, 0.717) is 11.7 Å². The van der Waals surface area contributed by atoms with Crippen molar-refractivity contribution < 1.29 is 4.79 Å². The molecule has 3 heterocycles. The van der Waals surface area contributed by atoms with Gasteiger partial charge in [-0.2, -0.15) is 15.1 Å². The van der Waals surface area contributed by atoms with Gasteiger partial charge in [0.15, 0.2) is 5.84 Å². The number of benzene rings is 4. The molecule has 0 fully saturated rings. The first-order valence-corrected chi connectivity index (χ1v) is 13.1. The zero-order chi connectivity index (χ0) is 25.6. The molecule has 2 aliphatic rings. The van der Waals surface area contributed by atoms with E-state index >= 15 is 0 Å². The SMILES string of the molecule is N=C1/C(=C\c2cn(Cc3cccc4ccccc34)c3ccccc23)C(=O)N=C2SC(c3ccccc3)=NN12. The van der Waals surface area contributed by atoms with Crippen LogP contribution in [0, 0.1) is 5.41 Å². The first-order valence-electron chi connectivity index (χ1n) is 12.3. The quantitative estimate of drug-likeness (QED) is 0.280. The largest absolute Gasteiger partial charge is 0.342 e. The second-order valence-electron chi connectivity index (χ2n) is 9.16. The van der Waals surface area contributed by atoms with Gasteiger partial charge in [-0.25, -0.2) is 0 Å². The topological polar surface area (TPSA) is 73.8 Å². The summed E-state index contributed by atoms with van der Waals surface area (Å²) in [6, 6.07) is 32.6. The molecule has 0 saturated carbocycles. The van der Waals surface area contributed by atoms with Crippen LogP contribution in [0.15, 0.2) is 119 Å². The van der Waals surface area contributed by atoms with E-state index in [2.05, 4.69) is 69.4 Å². The van der Waals surface area contributed by atoms with Crippen molar-refractivity contribution in [1.29, 1.82) is 5.41 Å². The average molecular weight is 512 g/mol. The third kappa shape index (κ3) is 3.76. The summed E-state index contributed by atoms with van der Waals surface area (Å²) in [6.07, 6.45) is 3.82. The number of aromatic nitrogens is 1. The maximum atomic E-state index is 13.1. The van der Waals surface area contributed by atoms with E-state index in [9.17, 15) is 4.79 Å². The molecule has 182 valence electrons. The third-order valence-electron chi connectivity index (χ3n) is 6.82. The summed E-state index contributed by atoms with van der Waals surface area (Å²) in [6.45, 7) is 0.687. The molecule has 2 aliphatic heterocycles. The van der Waals surface area contributed by atoms with E-state index in [0.717, 1.165) is 27.1 Å². The Hall–Kier alpha value is -4.75. The molecule has 38 heavy (non-hydrogen) atoms. The summed E-state index contributed by atoms with van der Waals surface area (Å²) in [5.74, 6) is -0.395. The molecule has 0 unspecified atom stereocenters. The summed E-state index contributed by atoms with van der Waals surface area (Å²) in [7, 11) is 0. The smallest absolute Gasteiger partial charge is 0.283 e. The molecular weight excluding hydrogens is 490 g/mol. The van der Waals surface area contributed by atoms with Crippen LogP contribution in [0.2, 0.25) is 0 Å². The number of thioether (sulfide) groups is 1. The molecule has 0 radical (unpaired) electrons. The van der Waals surface area contributed by atoms with Gasteiger partial charge in [0.1, 0.15) is 5.04 Å². The molecule has 6 nitrogen and oxygen atoms in total. The highest BCUT2D eigenvalue weighted by atomic mass is 32.2. The van der Waals surface area contributed by atoms with Crippen molar-refractivity contribution in [2.75, 3.05) is 0 Å². The lowest BCUT2D eigenvalue weighted by Crippen LogP contribution is -2.35. The van der Waals surface area contributed by atoms with Crippen molar-refractivity contribution in [2.24, 2.45) is 10.1 Å². The standard InChI is InChI=1S/C31H21N5OS/c32-28-26(29(37)33-31-36(28)34-30(38-31)21-10-2-1-3-11-21)17-23-19-35(27-16-7-6-15-25(23)27)18-22-13-8-12-20-9-4-5-14-24(20)22/h1-17,19,32H,18H2/b26-17+,32-28?. The lowest BCUT2D eigenvalue weighted by Gasteiger charge is -2.20. The number of amides is 1. The fraction of sp³-hybridized carbons (Fsp3) is 0.0323. The Morgan fingerprint density at radius 3 is 2.45 bits per heavy atom. The summed E-state index contributed by atoms with van der Waals surface area (Å²) < 4.78 is 2.20. The van der Waals surface area contributed by atoms with Gasteiger partial charge in [-0.05, 0) is 40.2 Å². The fourth-order valence-corrected chi connectivity index (χ4v) is 5.88. The first kappa shape index (κ1) is 22.4. The second-order valence-corrected chi connectivity index (χ2v) is 10.1. The number of aliphatic imine (C=N–C) groups is 1. The number of amidine groups is 2. The summed E-state index contributed by atoms with van der Waals surface area (Å²) in [5.41, 5.74) is 4.30. The minimum absolute atomic E-state index is 0.0318. The predicted molar refractivity (Wildman–Crippen MR) is 156 cm³/mol. The normalized spacial score (nSPS) is 16.3. The number of hydrazone groups is 1. The number of hydrogen-bond acceptors (Lipinski definition) is 4. The monoisotopic (exact) mass is 511 g/mol. The number of fused-ring (bicyclic) bond motifs is 3. The van der Waals surface area contributed by atoms with Crippen molar-refractivity contribution in [3.05, 3.63) is 126 Å². The van der Waals surface area contributed by atoms with Crippen LogP contribution < -0.4 is 0 Å². The van der Waals surface area contributed by atoms with Crippen LogP contribution in [0.5, 0.6) is 0 Å². The number of nitrogens with zero attached hydrogens (tertiary/aromatic N) is 4. The van der Waals surface area contributed by atoms with Gasteiger partial charge >= 0.3 is 0 Å². The van der Waals surface area contributed by atoms with Crippen LogP contribution in [0.4, 0.5) is 0 Å². The van der Waals surface area contributed by atoms with Crippen LogP contribution >= 0.6 is 11.8 Å². The molecule has 1 N–H and O–H groups in total. The van der Waals surface area contributed by atoms with Gasteiger partial charge in [-0.15, -0.1) is 0 Å². The lowest BCUT2D eigenvalue weighted by atomic mass is 10.0. The molecule has 0 spiro atoms. The molecule has 7 rings (SSSR count). The summed E-state index contributed by atoms with van der Waals surface area (Å²) in [4.78, 5) is 17.4. The number of carbonyl (C=O) groups excluding carboxylic acids is 1.